The second-order valence-corrected chi connectivity index (χ2v) is 16.8. The molecule has 2 saturated carbocycles. The first-order chi connectivity index (χ1) is 24.8. The summed E-state index contributed by atoms with van der Waals surface area (Å²) in [6, 6.07) is 6.60. The third kappa shape index (κ3) is 5.54. The number of hydrogen-bond donors (Lipinski definition) is 1. The predicted octanol–water partition coefficient (Wildman–Crippen LogP) is 5.96. The number of anilines is 1. The molecule has 51 heavy (non-hydrogen) atoms. The Kier molecular flexibility index (Phi) is 8.17. The van der Waals surface area contributed by atoms with E-state index >= 15 is 4.39 Å². The van der Waals surface area contributed by atoms with Gasteiger partial charge < -0.3 is 19.5 Å². The van der Waals surface area contributed by atoms with Gasteiger partial charge in [-0.15, -0.1) is 6.42 Å². The molecule has 2 unspecified atom stereocenters. The van der Waals surface area contributed by atoms with Gasteiger partial charge in [0.15, 0.2) is 5.82 Å². The smallest absolute Gasteiger partial charge is 0.319 e. The Balaban J connectivity index is 1.09. The summed E-state index contributed by atoms with van der Waals surface area (Å²) < 4.78 is 56.1. The van der Waals surface area contributed by atoms with E-state index in [1.165, 1.54) is 30.5 Å². The number of rotatable bonds is 6. The van der Waals surface area contributed by atoms with Crippen LogP contribution >= 0.6 is 0 Å². The van der Waals surface area contributed by atoms with Gasteiger partial charge in [-0.2, -0.15) is 9.97 Å². The molecule has 5 aliphatic rings. The summed E-state index contributed by atoms with van der Waals surface area (Å²) in [6.45, 7) is 3.87. The number of ether oxygens (including phenoxy) is 2. The highest BCUT2D eigenvalue weighted by molar-refractivity contribution is 7.86. The van der Waals surface area contributed by atoms with Crippen LogP contribution in [0.4, 0.5) is 14.6 Å². The summed E-state index contributed by atoms with van der Waals surface area (Å²) in [5.41, 5.74) is 0.319. The number of aromatic nitrogens is 3. The number of terminal acetylenes is 1. The first-order valence-electron chi connectivity index (χ1n) is 18.1. The number of phenols is 1. The number of benzene rings is 2. The van der Waals surface area contributed by atoms with Gasteiger partial charge in [0.1, 0.15) is 28.6 Å². The number of fused-ring (bicyclic) bond motifs is 3. The zero-order valence-corrected chi connectivity index (χ0v) is 29.3. The minimum absolute atomic E-state index is 0.0312. The summed E-state index contributed by atoms with van der Waals surface area (Å²) in [5.74, 6) is 3.16. The standard InChI is InChI=1S/C39H41F2N5O4S/c1-2-27-30(40)8-7-24-16-26(47)17-28(32(24)27)34-33(41)35-29(20-42-34)36(45-11-5-14-49-15-13-45)44-37(43-35)50-21-39-9-3-6-31(39)46(12-4-10-39)25-18-38(19-25)22-51(48)23-38/h1,7-8,16-17,20,25,31,47H,3-6,9-15,18-19,21-23H2. The molecule has 2 atom stereocenters. The van der Waals surface area contributed by atoms with E-state index in [1.807, 2.05) is 0 Å². The van der Waals surface area contributed by atoms with Crippen molar-refractivity contribution in [3.05, 3.63) is 47.7 Å². The van der Waals surface area contributed by atoms with E-state index in [2.05, 4.69) is 20.7 Å². The molecule has 5 heterocycles. The second-order valence-electron chi connectivity index (χ2n) is 15.3. The monoisotopic (exact) mass is 713 g/mol. The number of hydrogen-bond acceptors (Lipinski definition) is 9. The van der Waals surface area contributed by atoms with Gasteiger partial charge in [-0.3, -0.25) is 14.1 Å². The van der Waals surface area contributed by atoms with Crippen molar-refractivity contribution >= 4 is 38.3 Å². The maximum absolute atomic E-state index is 17.0. The SMILES string of the molecule is C#Cc1c(F)ccc2cc(O)cc(-c3ncc4c(N5CCCOCC5)nc(OCC56CCCC5N(C5CC7(C5)CS(=O)C7)CCC6)nc4c3F)c12. The van der Waals surface area contributed by atoms with Gasteiger partial charge in [-0.1, -0.05) is 18.4 Å². The Hall–Kier alpha value is -3.92. The zero-order chi connectivity index (χ0) is 34.9. The fraction of sp³-hybridized carbons (Fsp3) is 0.513. The number of phenolic OH excluding ortho intramolecular Hbond substituents is 1. The van der Waals surface area contributed by atoms with Crippen molar-refractivity contribution in [2.24, 2.45) is 10.8 Å². The van der Waals surface area contributed by atoms with Crippen LogP contribution in [0.2, 0.25) is 0 Å². The van der Waals surface area contributed by atoms with Crippen molar-refractivity contribution in [1.29, 1.82) is 0 Å². The predicted molar refractivity (Wildman–Crippen MR) is 192 cm³/mol. The Bertz CT molecular complexity index is 2100. The normalized spacial score (nSPS) is 29.4. The lowest BCUT2D eigenvalue weighted by molar-refractivity contribution is -0.0719. The maximum atomic E-state index is 17.0. The van der Waals surface area contributed by atoms with Crippen molar-refractivity contribution in [1.82, 2.24) is 19.9 Å². The maximum Gasteiger partial charge on any atom is 0.319 e. The van der Waals surface area contributed by atoms with Crippen LogP contribution in [0.3, 0.4) is 0 Å². The average molecular weight is 714 g/mol. The summed E-state index contributed by atoms with van der Waals surface area (Å²) in [6.07, 6.45) is 15.8. The molecular weight excluding hydrogens is 673 g/mol. The molecule has 3 aliphatic heterocycles. The van der Waals surface area contributed by atoms with Gasteiger partial charge in [-0.25, -0.2) is 8.78 Å². The molecule has 5 fully saturated rings. The fourth-order valence-corrected chi connectivity index (χ4v) is 11.6. The highest BCUT2D eigenvalue weighted by atomic mass is 32.2. The molecular formula is C39H41F2N5O4S. The number of pyridine rings is 1. The van der Waals surface area contributed by atoms with E-state index in [4.69, 9.17) is 25.9 Å². The molecule has 2 aliphatic carbocycles. The van der Waals surface area contributed by atoms with Crippen LogP contribution in [-0.4, -0.2) is 92.2 Å². The first-order valence-corrected chi connectivity index (χ1v) is 19.6. The van der Waals surface area contributed by atoms with Crippen LogP contribution in [0, 0.1) is 34.8 Å². The highest BCUT2D eigenvalue weighted by Crippen LogP contribution is 2.55. The van der Waals surface area contributed by atoms with Crippen molar-refractivity contribution in [3.8, 4) is 35.4 Å². The van der Waals surface area contributed by atoms with E-state index in [1.54, 1.807) is 0 Å². The fourth-order valence-electron chi connectivity index (χ4n) is 9.86. The van der Waals surface area contributed by atoms with Crippen molar-refractivity contribution in [2.75, 3.05) is 55.9 Å². The van der Waals surface area contributed by atoms with Gasteiger partial charge in [0.2, 0.25) is 0 Å². The number of likely N-dealkylation sites (tertiary alicyclic amines) is 1. The van der Waals surface area contributed by atoms with Crippen LogP contribution in [0.1, 0.15) is 56.9 Å². The number of aromatic hydroxyl groups is 1. The topological polar surface area (TPSA) is 101 Å². The molecule has 0 radical (unpaired) electrons. The van der Waals surface area contributed by atoms with Gasteiger partial charge in [0, 0.05) is 76.6 Å². The molecule has 4 aromatic rings. The van der Waals surface area contributed by atoms with E-state index in [0.717, 1.165) is 69.4 Å². The Morgan fingerprint density at radius 1 is 1.08 bits per heavy atom. The van der Waals surface area contributed by atoms with E-state index in [0.29, 0.717) is 67.0 Å². The summed E-state index contributed by atoms with van der Waals surface area (Å²) in [7, 11) is -0.635. The molecule has 266 valence electrons. The molecule has 2 aromatic heterocycles. The Morgan fingerprint density at radius 3 is 2.75 bits per heavy atom. The molecule has 1 spiro atoms. The van der Waals surface area contributed by atoms with Crippen LogP contribution in [0.5, 0.6) is 11.8 Å². The van der Waals surface area contributed by atoms with Crippen molar-refractivity contribution < 1.29 is 27.6 Å². The second kappa shape index (κ2) is 12.6. The van der Waals surface area contributed by atoms with Gasteiger partial charge in [-0.05, 0) is 80.5 Å². The summed E-state index contributed by atoms with van der Waals surface area (Å²) >= 11 is 0. The lowest BCUT2D eigenvalue weighted by Gasteiger charge is -2.60. The number of halogens is 2. The first kappa shape index (κ1) is 33.0. The largest absolute Gasteiger partial charge is 0.508 e. The average Bonchev–Trinajstić information content (AvgIpc) is 3.35. The molecule has 9 nitrogen and oxygen atoms in total. The summed E-state index contributed by atoms with van der Waals surface area (Å²) in [4.78, 5) is 18.9. The van der Waals surface area contributed by atoms with Crippen LogP contribution in [-0.2, 0) is 15.5 Å². The Labute approximate surface area is 298 Å². The third-order valence-electron chi connectivity index (χ3n) is 12.2. The van der Waals surface area contributed by atoms with Gasteiger partial charge in [0.05, 0.1) is 24.2 Å². The molecule has 0 amide bonds. The van der Waals surface area contributed by atoms with Crippen molar-refractivity contribution in [3.63, 3.8) is 0 Å². The molecule has 12 heteroatoms. The lowest BCUT2D eigenvalue weighted by Crippen LogP contribution is -2.65. The van der Waals surface area contributed by atoms with Gasteiger partial charge >= 0.3 is 6.01 Å². The summed E-state index contributed by atoms with van der Waals surface area (Å²) in [5, 5.41) is 11.8. The molecule has 3 saturated heterocycles. The minimum Gasteiger partial charge on any atom is -0.508 e. The van der Waals surface area contributed by atoms with E-state index < -0.39 is 22.4 Å². The van der Waals surface area contributed by atoms with Crippen LogP contribution < -0.4 is 9.64 Å². The third-order valence-corrected chi connectivity index (χ3v) is 14.1. The minimum atomic E-state index is -0.734. The molecule has 2 aromatic carbocycles. The van der Waals surface area contributed by atoms with Gasteiger partial charge in [0.25, 0.3) is 0 Å². The quantitative estimate of drug-likeness (QED) is 0.243. The number of piperidine rings is 1. The Morgan fingerprint density at radius 2 is 1.92 bits per heavy atom. The van der Waals surface area contributed by atoms with Crippen LogP contribution in [0.15, 0.2) is 30.5 Å². The van der Waals surface area contributed by atoms with E-state index in [9.17, 15) is 13.7 Å². The molecule has 0 bridgehead atoms. The lowest BCUT2D eigenvalue weighted by atomic mass is 9.64. The van der Waals surface area contributed by atoms with Crippen LogP contribution in [0.25, 0.3) is 32.9 Å². The number of nitrogens with zero attached hydrogens (tertiary/aromatic N) is 5. The van der Waals surface area contributed by atoms with E-state index in [-0.39, 0.29) is 44.9 Å². The van der Waals surface area contributed by atoms with Crippen molar-refractivity contribution in [2.45, 2.75) is 63.5 Å². The zero-order valence-electron chi connectivity index (χ0n) is 28.5. The molecule has 1 N–H and O–H groups in total. The highest BCUT2D eigenvalue weighted by Gasteiger charge is 2.58. The molecule has 9 rings (SSSR count).